The lowest BCUT2D eigenvalue weighted by Gasteiger charge is -2.24. The van der Waals surface area contributed by atoms with Gasteiger partial charge in [-0.15, -0.1) is 0 Å². The maximum atomic E-state index is 14.0. The van der Waals surface area contributed by atoms with Gasteiger partial charge in [0, 0.05) is 5.56 Å². The molecule has 0 radical (unpaired) electrons. The summed E-state index contributed by atoms with van der Waals surface area (Å²) in [7, 11) is -1.46. The first-order valence-electron chi connectivity index (χ1n) is 6.40. The molecule has 0 spiro atoms. The predicted octanol–water partition coefficient (Wildman–Crippen LogP) is 2.18. The summed E-state index contributed by atoms with van der Waals surface area (Å²) in [6.45, 7) is 5.34. The van der Waals surface area contributed by atoms with E-state index >= 15 is 0 Å². The lowest BCUT2D eigenvalue weighted by molar-refractivity contribution is -0.142. The number of carboxylic acids is 1. The molecule has 3 unspecified atom stereocenters. The van der Waals surface area contributed by atoms with Crippen LogP contribution in [-0.4, -0.2) is 20.0 Å². The topological polar surface area (TPSA) is 66.4 Å². The van der Waals surface area contributed by atoms with Crippen LogP contribution >= 0.6 is 0 Å². The van der Waals surface area contributed by atoms with E-state index in [0.717, 1.165) is 0 Å². The highest BCUT2D eigenvalue weighted by Gasteiger charge is 2.41. The van der Waals surface area contributed by atoms with Gasteiger partial charge in [0.05, 0.1) is 27.7 Å². The summed E-state index contributed by atoms with van der Waals surface area (Å²) in [5, 5.41) is 9.30. The molecule has 2 N–H and O–H groups in total. The van der Waals surface area contributed by atoms with Crippen molar-refractivity contribution >= 4 is 17.0 Å². The van der Waals surface area contributed by atoms with Gasteiger partial charge < -0.3 is 5.11 Å². The molecule has 3 atom stereocenters. The first-order chi connectivity index (χ1) is 9.21. The molecule has 0 amide bonds. The van der Waals surface area contributed by atoms with Crippen molar-refractivity contribution in [1.82, 2.24) is 4.72 Å². The first kappa shape index (κ1) is 15.1. The molecule has 6 heteroatoms. The molecule has 1 aliphatic carbocycles. The van der Waals surface area contributed by atoms with Crippen molar-refractivity contribution in [2.24, 2.45) is 5.92 Å². The Morgan fingerprint density at radius 2 is 2.10 bits per heavy atom. The summed E-state index contributed by atoms with van der Waals surface area (Å²) in [5.74, 6) is -2.26. The van der Waals surface area contributed by atoms with E-state index in [9.17, 15) is 18.5 Å². The van der Waals surface area contributed by atoms with Crippen molar-refractivity contribution in [2.75, 3.05) is 0 Å². The van der Waals surface area contributed by atoms with Crippen LogP contribution in [0.1, 0.15) is 37.9 Å². The Morgan fingerprint density at radius 3 is 2.65 bits per heavy atom. The number of rotatable bonds is 3. The molecule has 0 saturated heterocycles. The van der Waals surface area contributed by atoms with Crippen LogP contribution in [0.15, 0.2) is 18.2 Å². The average Bonchev–Trinajstić information content (AvgIpc) is 2.68. The highest BCUT2D eigenvalue weighted by Crippen LogP contribution is 2.38. The number of hydrogen-bond acceptors (Lipinski definition) is 2. The Bertz CT molecular complexity index is 568. The molecule has 20 heavy (non-hydrogen) atoms. The lowest BCUT2D eigenvalue weighted by atomic mass is 10.0. The van der Waals surface area contributed by atoms with Crippen LogP contribution in [0.5, 0.6) is 0 Å². The van der Waals surface area contributed by atoms with E-state index in [1.807, 2.05) is 0 Å². The molecule has 0 heterocycles. The number of halogens is 1. The van der Waals surface area contributed by atoms with Crippen molar-refractivity contribution in [3.05, 3.63) is 35.1 Å². The quantitative estimate of drug-likeness (QED) is 0.899. The van der Waals surface area contributed by atoms with E-state index < -0.39 is 39.5 Å². The minimum Gasteiger partial charge on any atom is -0.481 e. The third-order valence-corrected chi connectivity index (χ3v) is 4.98. The van der Waals surface area contributed by atoms with Crippen LogP contribution in [0, 0.1) is 11.7 Å². The number of nitrogens with one attached hydrogen (secondary N) is 1. The van der Waals surface area contributed by atoms with Gasteiger partial charge in [-0.05, 0) is 38.8 Å². The van der Waals surface area contributed by atoms with Gasteiger partial charge in [0.2, 0.25) is 0 Å². The van der Waals surface area contributed by atoms with Crippen molar-refractivity contribution in [3.8, 4) is 0 Å². The smallest absolute Gasteiger partial charge is 0.308 e. The highest BCUT2D eigenvalue weighted by molar-refractivity contribution is 7.84. The predicted molar refractivity (Wildman–Crippen MR) is 75.0 cm³/mol. The van der Waals surface area contributed by atoms with Gasteiger partial charge >= 0.3 is 5.97 Å². The van der Waals surface area contributed by atoms with E-state index in [-0.39, 0.29) is 6.42 Å². The van der Waals surface area contributed by atoms with Gasteiger partial charge in [-0.25, -0.2) is 13.3 Å². The molecular formula is C14H18FNO3S. The second-order valence-electron chi connectivity index (χ2n) is 5.94. The van der Waals surface area contributed by atoms with Crippen molar-refractivity contribution in [1.29, 1.82) is 0 Å². The molecule has 2 rings (SSSR count). The van der Waals surface area contributed by atoms with Crippen LogP contribution in [0.25, 0.3) is 0 Å². The van der Waals surface area contributed by atoms with Crippen molar-refractivity contribution in [3.63, 3.8) is 0 Å². The standard InChI is InChI=1S/C14H18FNO3S/c1-14(2,3)20(19)16-12-9(13(17)18)7-8-5-4-6-10(15)11(8)12/h4-6,9,12,16H,7H2,1-3H3,(H,17,18). The second kappa shape index (κ2) is 5.26. The minimum absolute atomic E-state index is 0.251. The van der Waals surface area contributed by atoms with E-state index in [0.29, 0.717) is 11.1 Å². The molecule has 110 valence electrons. The maximum absolute atomic E-state index is 14.0. The van der Waals surface area contributed by atoms with Crippen LogP contribution in [0.3, 0.4) is 0 Å². The van der Waals surface area contributed by atoms with Gasteiger partial charge in [0.15, 0.2) is 0 Å². The van der Waals surface area contributed by atoms with Gasteiger partial charge in [0.25, 0.3) is 0 Å². The molecule has 4 nitrogen and oxygen atoms in total. The maximum Gasteiger partial charge on any atom is 0.308 e. The van der Waals surface area contributed by atoms with Crippen LogP contribution in [-0.2, 0) is 22.2 Å². The monoisotopic (exact) mass is 299 g/mol. The van der Waals surface area contributed by atoms with Crippen LogP contribution in [0.2, 0.25) is 0 Å². The zero-order chi connectivity index (χ0) is 15.1. The molecule has 0 saturated carbocycles. The van der Waals surface area contributed by atoms with Crippen molar-refractivity contribution in [2.45, 2.75) is 38.0 Å². The summed E-state index contributed by atoms with van der Waals surface area (Å²) < 4.78 is 28.4. The molecule has 0 bridgehead atoms. The Balaban J connectivity index is 2.38. The van der Waals surface area contributed by atoms with Gasteiger partial charge in [-0.1, -0.05) is 12.1 Å². The number of fused-ring (bicyclic) bond motifs is 1. The SMILES string of the molecule is CC(C)(C)S(=O)NC1c2c(F)cccc2CC1C(=O)O. The van der Waals surface area contributed by atoms with Crippen molar-refractivity contribution < 1.29 is 18.5 Å². The van der Waals surface area contributed by atoms with E-state index in [4.69, 9.17) is 0 Å². The summed E-state index contributed by atoms with van der Waals surface area (Å²) in [5.41, 5.74) is 0.998. The fourth-order valence-corrected chi connectivity index (χ4v) is 3.19. The summed E-state index contributed by atoms with van der Waals surface area (Å²) >= 11 is 0. The number of hydrogen-bond donors (Lipinski definition) is 2. The number of carbonyl (C=O) groups is 1. The minimum atomic E-state index is -1.46. The summed E-state index contributed by atoms with van der Waals surface area (Å²) in [6, 6.07) is 3.83. The van der Waals surface area contributed by atoms with Crippen LogP contribution in [0.4, 0.5) is 4.39 Å². The normalized spacial score (nSPS) is 23.4. The van der Waals surface area contributed by atoms with Crippen LogP contribution < -0.4 is 4.72 Å². The fourth-order valence-electron chi connectivity index (χ4n) is 2.33. The van der Waals surface area contributed by atoms with E-state index in [1.165, 1.54) is 6.07 Å². The number of benzene rings is 1. The number of carboxylic acid groups (broad SMARTS) is 1. The number of aliphatic carboxylic acids is 1. The second-order valence-corrected chi connectivity index (χ2v) is 7.94. The Morgan fingerprint density at radius 1 is 1.45 bits per heavy atom. The Kier molecular flexibility index (Phi) is 3.97. The first-order valence-corrected chi connectivity index (χ1v) is 7.55. The molecule has 0 aliphatic heterocycles. The highest BCUT2D eigenvalue weighted by atomic mass is 32.2. The summed E-state index contributed by atoms with van der Waals surface area (Å²) in [6.07, 6.45) is 0.251. The molecular weight excluding hydrogens is 281 g/mol. The molecule has 1 aromatic carbocycles. The third kappa shape index (κ3) is 2.76. The largest absolute Gasteiger partial charge is 0.481 e. The molecule has 0 fully saturated rings. The van der Waals surface area contributed by atoms with E-state index in [1.54, 1.807) is 32.9 Å². The molecule has 1 aromatic rings. The van der Waals surface area contributed by atoms with Gasteiger partial charge in [-0.2, -0.15) is 0 Å². The fraction of sp³-hybridized carbons (Fsp3) is 0.500. The zero-order valence-electron chi connectivity index (χ0n) is 11.6. The Hall–Kier alpha value is -1.27. The molecule has 1 aliphatic rings. The lowest BCUT2D eigenvalue weighted by Crippen LogP contribution is -2.39. The Labute approximate surface area is 120 Å². The van der Waals surface area contributed by atoms with E-state index in [2.05, 4.69) is 4.72 Å². The van der Waals surface area contributed by atoms with Gasteiger partial charge in [-0.3, -0.25) is 4.79 Å². The molecule has 0 aromatic heterocycles. The average molecular weight is 299 g/mol. The van der Waals surface area contributed by atoms with Gasteiger partial charge in [0.1, 0.15) is 5.82 Å². The summed E-state index contributed by atoms with van der Waals surface area (Å²) in [4.78, 5) is 11.4. The zero-order valence-corrected chi connectivity index (χ0v) is 12.5. The third-order valence-electron chi connectivity index (χ3n) is 3.40.